The summed E-state index contributed by atoms with van der Waals surface area (Å²) in [6.45, 7) is 0. The third-order valence-corrected chi connectivity index (χ3v) is 7.01. The Hall–Kier alpha value is -0.670. The van der Waals surface area contributed by atoms with Gasteiger partial charge < -0.3 is 5.32 Å². The molecule has 0 unspecified atom stereocenters. The van der Waals surface area contributed by atoms with Crippen molar-refractivity contribution in [2.75, 3.05) is 11.6 Å². The molecule has 1 N–H and O–H groups in total. The summed E-state index contributed by atoms with van der Waals surface area (Å²) in [6, 6.07) is 8.12. The van der Waals surface area contributed by atoms with Crippen LogP contribution in [0.2, 0.25) is 0 Å². The molecule has 0 aromatic heterocycles. The van der Waals surface area contributed by atoms with Gasteiger partial charge in [-0.1, -0.05) is 0 Å². The van der Waals surface area contributed by atoms with Gasteiger partial charge in [0.1, 0.15) is 0 Å². The third-order valence-electron chi connectivity index (χ3n) is 5.82. The molecule has 22 heavy (non-hydrogen) atoms. The zero-order valence-corrected chi connectivity index (χ0v) is 14.5. The van der Waals surface area contributed by atoms with Crippen LogP contribution >= 0.6 is 23.4 Å². The van der Waals surface area contributed by atoms with Crippen LogP contribution in [-0.4, -0.2) is 17.0 Å². The molecule has 2 nitrogen and oxygen atoms in total. The Morgan fingerprint density at radius 1 is 1.18 bits per heavy atom. The Morgan fingerprint density at radius 2 is 1.82 bits per heavy atom. The molecule has 0 saturated heterocycles. The SMILES string of the molecule is CSc1ccc(NC(=O)C23C[C@H]4C[C@@H](CC(Cl)(C4)C2)C3)cc1. The Labute approximate surface area is 141 Å². The van der Waals surface area contributed by atoms with E-state index in [9.17, 15) is 4.79 Å². The van der Waals surface area contributed by atoms with Gasteiger partial charge in [-0.25, -0.2) is 0 Å². The molecule has 4 aliphatic carbocycles. The summed E-state index contributed by atoms with van der Waals surface area (Å²) in [4.78, 5) is 14.1. The number of carbonyl (C=O) groups is 1. The van der Waals surface area contributed by atoms with Crippen molar-refractivity contribution in [3.63, 3.8) is 0 Å². The van der Waals surface area contributed by atoms with E-state index in [4.69, 9.17) is 11.6 Å². The molecule has 1 aromatic rings. The Balaban J connectivity index is 1.54. The first-order valence-electron chi connectivity index (χ1n) is 8.15. The molecular formula is C18H22ClNOS. The predicted molar refractivity (Wildman–Crippen MR) is 92.6 cm³/mol. The summed E-state index contributed by atoms with van der Waals surface area (Å²) in [6.07, 6.45) is 8.50. The number of anilines is 1. The van der Waals surface area contributed by atoms with Gasteiger partial charge in [0.05, 0.1) is 5.41 Å². The second kappa shape index (κ2) is 5.17. The lowest BCUT2D eigenvalue weighted by Gasteiger charge is -2.59. The lowest BCUT2D eigenvalue weighted by atomic mass is 9.49. The topological polar surface area (TPSA) is 29.1 Å². The van der Waals surface area contributed by atoms with Gasteiger partial charge in [0.15, 0.2) is 0 Å². The zero-order chi connectivity index (χ0) is 15.4. The number of hydrogen-bond acceptors (Lipinski definition) is 2. The normalized spacial score (nSPS) is 39.0. The number of carbonyl (C=O) groups excluding carboxylic acids is 1. The van der Waals surface area contributed by atoms with Crippen molar-refractivity contribution in [1.82, 2.24) is 0 Å². The fourth-order valence-electron chi connectivity index (χ4n) is 5.35. The van der Waals surface area contributed by atoms with Crippen molar-refractivity contribution in [2.24, 2.45) is 17.3 Å². The van der Waals surface area contributed by atoms with E-state index in [0.717, 1.165) is 37.8 Å². The highest BCUT2D eigenvalue weighted by Crippen LogP contribution is 2.64. The summed E-state index contributed by atoms with van der Waals surface area (Å²) in [5, 5.41) is 3.16. The van der Waals surface area contributed by atoms with Crippen LogP contribution in [0.15, 0.2) is 29.2 Å². The second-order valence-corrected chi connectivity index (χ2v) is 9.26. The van der Waals surface area contributed by atoms with Gasteiger partial charge >= 0.3 is 0 Å². The molecule has 4 bridgehead atoms. The Morgan fingerprint density at radius 3 is 2.36 bits per heavy atom. The van der Waals surface area contributed by atoms with Crippen LogP contribution in [-0.2, 0) is 4.79 Å². The van der Waals surface area contributed by atoms with Crippen molar-refractivity contribution in [3.05, 3.63) is 24.3 Å². The number of thioether (sulfide) groups is 1. The van der Waals surface area contributed by atoms with E-state index in [1.807, 2.05) is 12.1 Å². The molecule has 4 aliphatic rings. The Kier molecular flexibility index (Phi) is 3.50. The highest BCUT2D eigenvalue weighted by molar-refractivity contribution is 7.98. The molecule has 1 amide bonds. The van der Waals surface area contributed by atoms with E-state index in [0.29, 0.717) is 11.8 Å². The molecule has 2 atom stereocenters. The van der Waals surface area contributed by atoms with Crippen LogP contribution in [0.3, 0.4) is 0 Å². The van der Waals surface area contributed by atoms with Gasteiger partial charge in [0, 0.05) is 15.5 Å². The van der Waals surface area contributed by atoms with Gasteiger partial charge in [-0.3, -0.25) is 4.79 Å². The molecule has 0 spiro atoms. The van der Waals surface area contributed by atoms with Crippen LogP contribution < -0.4 is 5.32 Å². The predicted octanol–water partition coefficient (Wildman–Crippen LogP) is 4.92. The van der Waals surface area contributed by atoms with Crippen molar-refractivity contribution in [2.45, 2.75) is 48.3 Å². The van der Waals surface area contributed by atoms with Crippen LogP contribution in [0.1, 0.15) is 38.5 Å². The smallest absolute Gasteiger partial charge is 0.230 e. The number of rotatable bonds is 3. The van der Waals surface area contributed by atoms with E-state index >= 15 is 0 Å². The molecule has 0 aliphatic heterocycles. The number of nitrogens with one attached hydrogen (secondary N) is 1. The molecule has 4 heteroatoms. The summed E-state index contributed by atoms with van der Waals surface area (Å²) in [5.41, 5.74) is 0.687. The monoisotopic (exact) mass is 335 g/mol. The van der Waals surface area contributed by atoms with Crippen molar-refractivity contribution in [1.29, 1.82) is 0 Å². The fraction of sp³-hybridized carbons (Fsp3) is 0.611. The second-order valence-electron chi connectivity index (χ2n) is 7.57. The molecular weight excluding hydrogens is 314 g/mol. The minimum atomic E-state index is -0.218. The highest BCUT2D eigenvalue weighted by atomic mass is 35.5. The molecule has 1 aromatic carbocycles. The summed E-state index contributed by atoms with van der Waals surface area (Å²) in [7, 11) is 0. The standard InChI is InChI=1S/C18H22ClNOS/c1-22-15-4-2-14(3-5-15)20-16(21)17-7-12-6-13(8-17)10-18(19,9-12)11-17/h2-5,12-13H,6-11H2,1H3,(H,20,21)/t12-,13-,17?,18?/m1/s1. The lowest BCUT2D eigenvalue weighted by Crippen LogP contribution is -2.57. The Bertz CT molecular complexity index is 586. The van der Waals surface area contributed by atoms with Gasteiger partial charge in [0.2, 0.25) is 5.91 Å². The molecule has 0 heterocycles. The first kappa shape index (κ1) is 14.9. The third kappa shape index (κ3) is 2.46. The number of amides is 1. The minimum Gasteiger partial charge on any atom is -0.326 e. The quantitative estimate of drug-likeness (QED) is 0.627. The van der Waals surface area contributed by atoms with Crippen LogP contribution in [0.4, 0.5) is 5.69 Å². The maximum absolute atomic E-state index is 13.0. The van der Waals surface area contributed by atoms with E-state index in [1.165, 1.54) is 11.3 Å². The van der Waals surface area contributed by atoms with Crippen LogP contribution in [0, 0.1) is 17.3 Å². The van der Waals surface area contributed by atoms with Crippen molar-refractivity contribution in [3.8, 4) is 0 Å². The van der Waals surface area contributed by atoms with E-state index in [-0.39, 0.29) is 16.2 Å². The van der Waals surface area contributed by atoms with Gasteiger partial charge in [0.25, 0.3) is 0 Å². The maximum atomic E-state index is 13.0. The fourth-order valence-corrected chi connectivity index (χ4v) is 6.45. The number of benzene rings is 1. The van der Waals surface area contributed by atoms with E-state index in [2.05, 4.69) is 23.7 Å². The number of alkyl halides is 1. The number of hydrogen-bond donors (Lipinski definition) is 1. The van der Waals surface area contributed by atoms with Crippen LogP contribution in [0.5, 0.6) is 0 Å². The highest BCUT2D eigenvalue weighted by Gasteiger charge is 2.60. The lowest BCUT2D eigenvalue weighted by molar-refractivity contribution is -0.138. The molecule has 4 fully saturated rings. The summed E-state index contributed by atoms with van der Waals surface area (Å²) >= 11 is 8.54. The average molecular weight is 336 g/mol. The van der Waals surface area contributed by atoms with Gasteiger partial charge in [-0.05, 0) is 80.9 Å². The van der Waals surface area contributed by atoms with Gasteiger partial charge in [-0.2, -0.15) is 0 Å². The summed E-state index contributed by atoms with van der Waals surface area (Å²) in [5.74, 6) is 1.51. The minimum absolute atomic E-state index is 0.107. The molecule has 4 saturated carbocycles. The zero-order valence-electron chi connectivity index (χ0n) is 12.9. The first-order valence-corrected chi connectivity index (χ1v) is 9.75. The average Bonchev–Trinajstić information content (AvgIpc) is 2.45. The largest absolute Gasteiger partial charge is 0.326 e. The molecule has 5 rings (SSSR count). The maximum Gasteiger partial charge on any atom is 0.230 e. The summed E-state index contributed by atoms with van der Waals surface area (Å²) < 4.78 is 0. The van der Waals surface area contributed by atoms with E-state index < -0.39 is 0 Å². The van der Waals surface area contributed by atoms with Crippen LogP contribution in [0.25, 0.3) is 0 Å². The van der Waals surface area contributed by atoms with Gasteiger partial charge in [-0.15, -0.1) is 23.4 Å². The molecule has 118 valence electrons. The number of halogens is 1. The van der Waals surface area contributed by atoms with E-state index in [1.54, 1.807) is 11.8 Å². The molecule has 0 radical (unpaired) electrons. The van der Waals surface area contributed by atoms with Crippen molar-refractivity contribution >= 4 is 35.0 Å². The van der Waals surface area contributed by atoms with Crippen molar-refractivity contribution < 1.29 is 4.79 Å². The first-order chi connectivity index (χ1) is 10.5.